The summed E-state index contributed by atoms with van der Waals surface area (Å²) in [5.74, 6) is -1.02. The molecule has 0 aromatic heterocycles. The van der Waals surface area contributed by atoms with E-state index >= 15 is 0 Å². The number of hydrogen-bond acceptors (Lipinski definition) is 4. The van der Waals surface area contributed by atoms with Crippen molar-refractivity contribution in [1.82, 2.24) is 10.6 Å². The molecule has 6 heteroatoms. The molecule has 15 heavy (non-hydrogen) atoms. The Bertz CT molecular complexity index is 226. The number of nitrogens with one attached hydrogen (secondary N) is 2. The Hall–Kier alpha value is -1.14. The first-order chi connectivity index (χ1) is 7.20. The summed E-state index contributed by atoms with van der Waals surface area (Å²) in [5.41, 5.74) is 0. The molecule has 1 saturated heterocycles. The van der Waals surface area contributed by atoms with Crippen LogP contribution in [-0.4, -0.2) is 49.3 Å². The van der Waals surface area contributed by atoms with Crippen LogP contribution >= 0.6 is 0 Å². The van der Waals surface area contributed by atoms with Crippen molar-refractivity contribution in [3.8, 4) is 0 Å². The third-order valence-corrected chi connectivity index (χ3v) is 2.09. The van der Waals surface area contributed by atoms with Crippen LogP contribution in [0.5, 0.6) is 0 Å². The van der Waals surface area contributed by atoms with Gasteiger partial charge in [-0.25, -0.2) is 0 Å². The number of aliphatic carboxylic acids is 1. The average Bonchev–Trinajstić information content (AvgIpc) is 2.25. The molecule has 0 aromatic rings. The van der Waals surface area contributed by atoms with Gasteiger partial charge < -0.3 is 20.5 Å². The van der Waals surface area contributed by atoms with Crippen molar-refractivity contribution in [1.29, 1.82) is 0 Å². The highest BCUT2D eigenvalue weighted by Gasteiger charge is 2.20. The molecule has 1 heterocycles. The van der Waals surface area contributed by atoms with Crippen LogP contribution in [0.15, 0.2) is 0 Å². The standard InChI is InChI=1S/C9H16N2O4/c12-8(13)2-1-3-11-9(14)7-6-10-4-5-15-7/h7,10H,1-6H2,(H,11,14)(H,12,13). The molecule has 0 aromatic carbocycles. The number of ether oxygens (including phenoxy) is 1. The van der Waals surface area contributed by atoms with Crippen LogP contribution < -0.4 is 10.6 Å². The van der Waals surface area contributed by atoms with Gasteiger partial charge in [0.25, 0.3) is 0 Å². The van der Waals surface area contributed by atoms with E-state index in [1.807, 2.05) is 0 Å². The first-order valence-electron chi connectivity index (χ1n) is 5.02. The molecule has 1 rings (SSSR count). The molecular formula is C9H16N2O4. The third-order valence-electron chi connectivity index (χ3n) is 2.09. The summed E-state index contributed by atoms with van der Waals surface area (Å²) in [6, 6.07) is 0. The minimum Gasteiger partial charge on any atom is -0.481 e. The predicted molar refractivity (Wildman–Crippen MR) is 52.5 cm³/mol. The summed E-state index contributed by atoms with van der Waals surface area (Å²) in [4.78, 5) is 21.6. The summed E-state index contributed by atoms with van der Waals surface area (Å²) >= 11 is 0. The summed E-state index contributed by atoms with van der Waals surface area (Å²) in [6.07, 6.45) is 0.0780. The quantitative estimate of drug-likeness (QED) is 0.511. The molecule has 1 aliphatic rings. The number of amides is 1. The topological polar surface area (TPSA) is 87.7 Å². The third kappa shape index (κ3) is 4.75. The molecule has 0 spiro atoms. The van der Waals surface area contributed by atoms with Crippen LogP contribution in [0.1, 0.15) is 12.8 Å². The molecule has 0 bridgehead atoms. The number of carboxylic acid groups (broad SMARTS) is 1. The van der Waals surface area contributed by atoms with E-state index in [2.05, 4.69) is 10.6 Å². The molecule has 3 N–H and O–H groups in total. The van der Waals surface area contributed by atoms with Crippen molar-refractivity contribution in [2.75, 3.05) is 26.2 Å². The summed E-state index contributed by atoms with van der Waals surface area (Å²) < 4.78 is 5.23. The maximum Gasteiger partial charge on any atom is 0.303 e. The molecule has 86 valence electrons. The van der Waals surface area contributed by atoms with E-state index in [4.69, 9.17) is 9.84 Å². The van der Waals surface area contributed by atoms with Crippen LogP contribution in [0.3, 0.4) is 0 Å². The fourth-order valence-corrected chi connectivity index (χ4v) is 1.30. The normalized spacial score (nSPS) is 20.9. The van der Waals surface area contributed by atoms with Crippen molar-refractivity contribution in [3.63, 3.8) is 0 Å². The second-order valence-corrected chi connectivity index (χ2v) is 3.35. The van der Waals surface area contributed by atoms with Gasteiger partial charge in [0.05, 0.1) is 6.61 Å². The molecule has 1 atom stereocenters. The second-order valence-electron chi connectivity index (χ2n) is 3.35. The number of carboxylic acids is 1. The molecule has 1 amide bonds. The summed E-state index contributed by atoms with van der Waals surface area (Å²) in [6.45, 7) is 2.20. The second kappa shape index (κ2) is 6.36. The smallest absolute Gasteiger partial charge is 0.303 e. The van der Waals surface area contributed by atoms with Gasteiger partial charge in [-0.15, -0.1) is 0 Å². The number of rotatable bonds is 5. The monoisotopic (exact) mass is 216 g/mol. The highest BCUT2D eigenvalue weighted by Crippen LogP contribution is 1.96. The van der Waals surface area contributed by atoms with Crippen molar-refractivity contribution in [2.24, 2.45) is 0 Å². The van der Waals surface area contributed by atoms with Crippen LogP contribution in [0, 0.1) is 0 Å². The van der Waals surface area contributed by atoms with E-state index in [1.54, 1.807) is 0 Å². The Balaban J connectivity index is 2.09. The van der Waals surface area contributed by atoms with Gasteiger partial charge in [-0.1, -0.05) is 0 Å². The van der Waals surface area contributed by atoms with Gasteiger partial charge in [-0.3, -0.25) is 9.59 Å². The van der Waals surface area contributed by atoms with Gasteiger partial charge in [0, 0.05) is 26.1 Å². The maximum atomic E-state index is 11.4. The Labute approximate surface area is 88.0 Å². The molecule has 0 aliphatic carbocycles. The maximum absolute atomic E-state index is 11.4. The number of morpholine rings is 1. The molecule has 6 nitrogen and oxygen atoms in total. The van der Waals surface area contributed by atoms with Gasteiger partial charge in [0.15, 0.2) is 0 Å². The van der Waals surface area contributed by atoms with Crippen molar-refractivity contribution in [3.05, 3.63) is 0 Å². The zero-order valence-electron chi connectivity index (χ0n) is 8.49. The highest BCUT2D eigenvalue weighted by molar-refractivity contribution is 5.81. The number of hydrogen-bond donors (Lipinski definition) is 3. The minimum atomic E-state index is -0.847. The fraction of sp³-hybridized carbons (Fsp3) is 0.778. The first-order valence-corrected chi connectivity index (χ1v) is 5.02. The molecular weight excluding hydrogens is 200 g/mol. The van der Waals surface area contributed by atoms with Gasteiger partial charge in [0.2, 0.25) is 5.91 Å². The average molecular weight is 216 g/mol. The van der Waals surface area contributed by atoms with Crippen LogP contribution in [0.2, 0.25) is 0 Å². The van der Waals surface area contributed by atoms with Crippen molar-refractivity contribution < 1.29 is 19.4 Å². The van der Waals surface area contributed by atoms with E-state index in [0.717, 1.165) is 6.54 Å². The molecule has 1 fully saturated rings. The van der Waals surface area contributed by atoms with E-state index in [9.17, 15) is 9.59 Å². The van der Waals surface area contributed by atoms with Crippen molar-refractivity contribution >= 4 is 11.9 Å². The zero-order valence-corrected chi connectivity index (χ0v) is 8.49. The lowest BCUT2D eigenvalue weighted by atomic mass is 10.2. The number of carbonyl (C=O) groups is 2. The fourth-order valence-electron chi connectivity index (χ4n) is 1.30. The highest BCUT2D eigenvalue weighted by atomic mass is 16.5. The minimum absolute atomic E-state index is 0.0735. The van der Waals surface area contributed by atoms with Crippen LogP contribution in [0.25, 0.3) is 0 Å². The lowest BCUT2D eigenvalue weighted by molar-refractivity contribution is -0.138. The van der Waals surface area contributed by atoms with E-state index < -0.39 is 12.1 Å². The molecule has 1 aliphatic heterocycles. The Kier molecular flexibility index (Phi) is 5.06. The van der Waals surface area contributed by atoms with E-state index in [1.165, 1.54) is 0 Å². The number of carbonyl (C=O) groups excluding carboxylic acids is 1. The summed E-state index contributed by atoms with van der Waals surface area (Å²) in [5, 5.41) is 14.1. The lowest BCUT2D eigenvalue weighted by Gasteiger charge is -2.22. The van der Waals surface area contributed by atoms with E-state index in [-0.39, 0.29) is 12.3 Å². The lowest BCUT2D eigenvalue weighted by Crippen LogP contribution is -2.48. The van der Waals surface area contributed by atoms with Crippen LogP contribution in [0.4, 0.5) is 0 Å². The Morgan fingerprint density at radius 3 is 2.93 bits per heavy atom. The van der Waals surface area contributed by atoms with Crippen LogP contribution in [-0.2, 0) is 14.3 Å². The molecule has 0 saturated carbocycles. The van der Waals surface area contributed by atoms with Gasteiger partial charge in [0.1, 0.15) is 6.10 Å². The Morgan fingerprint density at radius 1 is 1.53 bits per heavy atom. The van der Waals surface area contributed by atoms with Gasteiger partial charge in [-0.05, 0) is 6.42 Å². The van der Waals surface area contributed by atoms with E-state index in [0.29, 0.717) is 26.1 Å². The van der Waals surface area contributed by atoms with Crippen molar-refractivity contribution in [2.45, 2.75) is 18.9 Å². The van der Waals surface area contributed by atoms with Gasteiger partial charge >= 0.3 is 5.97 Å². The molecule has 1 unspecified atom stereocenters. The van der Waals surface area contributed by atoms with Gasteiger partial charge in [-0.2, -0.15) is 0 Å². The predicted octanol–water partition coefficient (Wildman–Crippen LogP) is -1.04. The summed E-state index contributed by atoms with van der Waals surface area (Å²) in [7, 11) is 0. The SMILES string of the molecule is O=C(O)CCCNC(=O)C1CNCCO1. The Morgan fingerprint density at radius 2 is 2.33 bits per heavy atom. The largest absolute Gasteiger partial charge is 0.481 e. The molecule has 0 radical (unpaired) electrons. The zero-order chi connectivity index (χ0) is 11.1. The first kappa shape index (κ1) is 11.9.